The van der Waals surface area contributed by atoms with Gasteiger partial charge in [0.15, 0.2) is 11.5 Å². The molecule has 2 aromatic heterocycles. The number of hydrogen-bond acceptors (Lipinski definition) is 10. The summed E-state index contributed by atoms with van der Waals surface area (Å²) >= 11 is 0. The number of imidazole rings is 1. The predicted octanol–water partition coefficient (Wildman–Crippen LogP) is 8.84. The molecule has 0 bridgehead atoms. The lowest BCUT2D eigenvalue weighted by Gasteiger charge is -2.23. The maximum Gasteiger partial charge on any atom is 0.356 e. The van der Waals surface area contributed by atoms with Crippen LogP contribution in [-0.2, 0) is 36.2 Å². The molecule has 0 fully saturated rings. The maximum absolute atomic E-state index is 13.8. The summed E-state index contributed by atoms with van der Waals surface area (Å²) in [7, 11) is -3.66. The first-order valence-corrected chi connectivity index (χ1v) is 20.4. The molecule has 276 valence electrons. The molecule has 0 saturated heterocycles. The Balaban J connectivity index is 1.30. The third-order valence-corrected chi connectivity index (χ3v) is 10.2. The average Bonchev–Trinajstić information content (AvgIpc) is 3.53. The number of ether oxygens (including phenoxy) is 2. The Morgan fingerprint density at radius 3 is 2.06 bits per heavy atom. The number of nitrogen functional groups attached to an aromatic ring is 1. The minimum atomic E-state index is -3.66. The van der Waals surface area contributed by atoms with Gasteiger partial charge in [0.05, 0.1) is 38.8 Å². The summed E-state index contributed by atoms with van der Waals surface area (Å²) in [4.78, 5) is 12.5. The second-order valence-corrected chi connectivity index (χ2v) is 14.9. The Bertz CT molecular complexity index is 1300. The summed E-state index contributed by atoms with van der Waals surface area (Å²) < 4.78 is 39.0. The highest BCUT2D eigenvalue weighted by Gasteiger charge is 2.28. The van der Waals surface area contributed by atoms with Gasteiger partial charge in [-0.3, -0.25) is 4.57 Å². The first-order valence-electron chi connectivity index (χ1n) is 18.7. The van der Waals surface area contributed by atoms with Crippen LogP contribution in [0.3, 0.4) is 0 Å². The van der Waals surface area contributed by atoms with E-state index in [1.165, 1.54) is 96.2 Å². The van der Waals surface area contributed by atoms with Crippen LogP contribution in [0.4, 0.5) is 5.82 Å². The average molecular weight is 704 g/mol. The molecule has 3 N–H and O–H groups in total. The van der Waals surface area contributed by atoms with Crippen molar-refractivity contribution in [3.63, 3.8) is 0 Å². The van der Waals surface area contributed by atoms with Gasteiger partial charge in [-0.1, -0.05) is 134 Å². The van der Waals surface area contributed by atoms with Gasteiger partial charge in [0.25, 0.3) is 0 Å². The summed E-state index contributed by atoms with van der Waals surface area (Å²) in [5.74, 6) is 0.285. The number of rotatable bonds is 31. The van der Waals surface area contributed by atoms with Crippen molar-refractivity contribution >= 4 is 24.6 Å². The maximum atomic E-state index is 13.8. The van der Waals surface area contributed by atoms with Gasteiger partial charge < -0.3 is 33.9 Å². The van der Waals surface area contributed by atoms with Gasteiger partial charge >= 0.3 is 7.60 Å². The quantitative estimate of drug-likeness (QED) is 0.0493. The smallest absolute Gasteiger partial charge is 0.356 e. The number of hydrogen-bond donors (Lipinski definition) is 2. The van der Waals surface area contributed by atoms with E-state index in [-0.39, 0.29) is 32.0 Å². The largest absolute Gasteiger partial charge is 0.396 e. The topological polar surface area (TPSA) is 144 Å². The van der Waals surface area contributed by atoms with Crippen LogP contribution in [0.15, 0.2) is 43.0 Å². The van der Waals surface area contributed by atoms with Crippen LogP contribution in [0.2, 0.25) is 0 Å². The fourth-order valence-corrected chi connectivity index (χ4v) is 7.08. The van der Waals surface area contributed by atoms with E-state index in [0.29, 0.717) is 37.3 Å². The van der Waals surface area contributed by atoms with E-state index in [0.717, 1.165) is 18.4 Å². The van der Waals surface area contributed by atoms with Crippen LogP contribution in [0.1, 0.15) is 122 Å². The van der Waals surface area contributed by atoms with E-state index >= 15 is 0 Å². The molecule has 3 aromatic rings. The molecule has 49 heavy (non-hydrogen) atoms. The normalized spacial score (nSPS) is 13.6. The highest BCUT2D eigenvalue weighted by molar-refractivity contribution is 7.53. The van der Waals surface area contributed by atoms with Gasteiger partial charge in [0, 0.05) is 13.2 Å². The van der Waals surface area contributed by atoms with E-state index in [1.807, 2.05) is 30.3 Å². The fourth-order valence-electron chi connectivity index (χ4n) is 5.77. The molecule has 3 rings (SSSR count). The van der Waals surface area contributed by atoms with Crippen molar-refractivity contribution in [2.75, 3.05) is 38.5 Å². The molecular formula is C37H62N5O6P. The molecule has 0 saturated carbocycles. The third-order valence-electron chi connectivity index (χ3n) is 8.68. The number of fused-ring (bicyclic) bond motifs is 1. The molecule has 2 atom stereocenters. The Morgan fingerprint density at radius 2 is 1.43 bits per heavy atom. The Morgan fingerprint density at radius 1 is 0.796 bits per heavy atom. The van der Waals surface area contributed by atoms with Crippen LogP contribution in [-0.4, -0.2) is 63.5 Å². The highest BCUT2D eigenvalue weighted by Crippen LogP contribution is 2.49. The van der Waals surface area contributed by atoms with Crippen LogP contribution in [0.25, 0.3) is 11.2 Å². The third kappa shape index (κ3) is 17.4. The zero-order valence-corrected chi connectivity index (χ0v) is 30.8. The van der Waals surface area contributed by atoms with Gasteiger partial charge in [0.2, 0.25) is 0 Å². The van der Waals surface area contributed by atoms with E-state index < -0.39 is 13.7 Å². The number of unbranched alkanes of at least 4 members (excludes halogenated alkanes) is 15. The number of aliphatic hydroxyl groups is 1. The summed E-state index contributed by atoms with van der Waals surface area (Å²) in [6, 6.07) is 9.52. The van der Waals surface area contributed by atoms with Gasteiger partial charge in [-0.2, -0.15) is 0 Å². The van der Waals surface area contributed by atoms with E-state index in [2.05, 4.69) is 21.9 Å². The highest BCUT2D eigenvalue weighted by atomic mass is 31.2. The lowest BCUT2D eigenvalue weighted by molar-refractivity contribution is 0.0316. The molecule has 0 spiro atoms. The number of anilines is 1. The van der Waals surface area contributed by atoms with Crippen molar-refractivity contribution in [3.05, 3.63) is 48.5 Å². The van der Waals surface area contributed by atoms with Gasteiger partial charge in [-0.15, -0.1) is 0 Å². The standard InChI is InChI=1S/C37H62N5O6P/c1-2-3-4-5-6-7-8-9-10-11-12-13-14-15-16-20-25-45-26-27-47-49(44,48-29-33-21-18-17-19-22-33)32-46-34(23-24-43)28-42-31-41-35-36(38)39-30-40-37(35)42/h17-19,21-22,30-31,34,43H,2-16,20,23-29,32H2,1H3,(H2,38,39,40). The number of aliphatic hydroxyl groups excluding tert-OH is 1. The van der Waals surface area contributed by atoms with E-state index in [9.17, 15) is 9.67 Å². The summed E-state index contributed by atoms with van der Waals surface area (Å²) in [5.41, 5.74) is 7.84. The van der Waals surface area contributed by atoms with Crippen molar-refractivity contribution in [1.82, 2.24) is 19.5 Å². The molecule has 1 aromatic carbocycles. The summed E-state index contributed by atoms with van der Waals surface area (Å²) in [6.07, 6.45) is 23.8. The van der Waals surface area contributed by atoms with Crippen LogP contribution in [0.5, 0.6) is 0 Å². The minimum absolute atomic E-state index is 0.113. The van der Waals surface area contributed by atoms with Gasteiger partial charge in [-0.25, -0.2) is 15.0 Å². The molecule has 2 heterocycles. The summed E-state index contributed by atoms with van der Waals surface area (Å²) in [6.45, 7) is 3.69. The summed E-state index contributed by atoms with van der Waals surface area (Å²) in [5, 5.41) is 9.69. The van der Waals surface area contributed by atoms with Crippen LogP contribution in [0, 0.1) is 0 Å². The van der Waals surface area contributed by atoms with Crippen LogP contribution < -0.4 is 5.73 Å². The molecule has 0 aliphatic heterocycles. The predicted molar refractivity (Wildman–Crippen MR) is 196 cm³/mol. The SMILES string of the molecule is CCCCCCCCCCCCCCCCCCOCCOP(=O)(COC(CCO)Cn1cnc2c(N)ncnc21)OCc1ccccc1. The van der Waals surface area contributed by atoms with E-state index in [4.69, 9.17) is 24.3 Å². The molecule has 0 aliphatic carbocycles. The molecule has 0 radical (unpaired) electrons. The number of benzene rings is 1. The van der Waals surface area contributed by atoms with Crippen molar-refractivity contribution in [3.8, 4) is 0 Å². The first kappa shape index (κ1) is 41.0. The Labute approximate surface area is 294 Å². The second kappa shape index (κ2) is 25.5. The molecule has 0 aliphatic rings. The number of nitrogens with two attached hydrogens (primary N) is 1. The lowest BCUT2D eigenvalue weighted by Crippen LogP contribution is -2.23. The lowest BCUT2D eigenvalue weighted by atomic mass is 10.0. The molecular weight excluding hydrogens is 641 g/mol. The molecule has 12 heteroatoms. The molecule has 11 nitrogen and oxygen atoms in total. The van der Waals surface area contributed by atoms with Crippen molar-refractivity contribution in [1.29, 1.82) is 0 Å². The molecule has 0 amide bonds. The zero-order valence-electron chi connectivity index (χ0n) is 29.9. The van der Waals surface area contributed by atoms with Crippen molar-refractivity contribution < 1.29 is 28.2 Å². The number of aromatic nitrogens is 4. The number of nitrogens with zero attached hydrogens (tertiary/aromatic N) is 4. The Hall–Kier alpha value is -2.40. The van der Waals surface area contributed by atoms with Gasteiger partial charge in [0.1, 0.15) is 18.2 Å². The van der Waals surface area contributed by atoms with Crippen molar-refractivity contribution in [2.45, 2.75) is 135 Å². The minimum Gasteiger partial charge on any atom is -0.396 e. The monoisotopic (exact) mass is 703 g/mol. The van der Waals surface area contributed by atoms with Gasteiger partial charge in [-0.05, 0) is 18.4 Å². The van der Waals surface area contributed by atoms with E-state index in [1.54, 1.807) is 10.9 Å². The zero-order chi connectivity index (χ0) is 34.8. The second-order valence-electron chi connectivity index (χ2n) is 12.9. The van der Waals surface area contributed by atoms with Crippen molar-refractivity contribution in [2.24, 2.45) is 0 Å². The van der Waals surface area contributed by atoms with Crippen LogP contribution >= 0.6 is 7.60 Å². The Kier molecular flexibility index (Phi) is 21.4. The fraction of sp³-hybridized carbons (Fsp3) is 0.703. The molecule has 2 unspecified atom stereocenters. The first-order chi connectivity index (χ1) is 24.0.